The van der Waals surface area contributed by atoms with E-state index in [1.165, 1.54) is 0 Å². The van der Waals surface area contributed by atoms with Gasteiger partial charge in [-0.05, 0) is 36.8 Å². The molecule has 2 aromatic rings. The van der Waals surface area contributed by atoms with Gasteiger partial charge in [0, 0.05) is 10.0 Å². The third kappa shape index (κ3) is 1.78. The first-order chi connectivity index (χ1) is 6.66. The van der Waals surface area contributed by atoms with Crippen molar-refractivity contribution in [3.63, 3.8) is 0 Å². The highest BCUT2D eigenvalue weighted by atomic mass is 79.9. The topological polar surface area (TPSA) is 44.5 Å². The summed E-state index contributed by atoms with van der Waals surface area (Å²) in [4.78, 5) is 4.17. The number of hydrogen-bond acceptors (Lipinski definition) is 2. The van der Waals surface area contributed by atoms with Crippen LogP contribution in [0.2, 0.25) is 0 Å². The molecular formula is C9H8BrN3S. The number of halogens is 1. The molecule has 0 fully saturated rings. The van der Waals surface area contributed by atoms with E-state index in [0.29, 0.717) is 4.77 Å². The average Bonchev–Trinajstić information content (AvgIpc) is 2.56. The number of nitrogens with zero attached hydrogens (tertiary/aromatic N) is 1. The molecule has 0 radical (unpaired) electrons. The van der Waals surface area contributed by atoms with Crippen molar-refractivity contribution >= 4 is 28.1 Å². The van der Waals surface area contributed by atoms with Crippen LogP contribution in [0.15, 0.2) is 22.7 Å². The summed E-state index contributed by atoms with van der Waals surface area (Å²) >= 11 is 8.32. The molecule has 0 aliphatic heterocycles. The van der Waals surface area contributed by atoms with Crippen molar-refractivity contribution in [2.45, 2.75) is 6.92 Å². The standard InChI is InChI=1S/C9H8BrN3S/c1-5-2-3-6(10)4-7(5)8-11-9(14)13-12-8/h2-4H,1H3,(H2,11,12,13,14). The summed E-state index contributed by atoms with van der Waals surface area (Å²) in [6.07, 6.45) is 0. The van der Waals surface area contributed by atoms with Crippen LogP contribution in [0, 0.1) is 11.7 Å². The van der Waals surface area contributed by atoms with Gasteiger partial charge in [0.15, 0.2) is 5.82 Å². The van der Waals surface area contributed by atoms with Crippen LogP contribution in [0.5, 0.6) is 0 Å². The summed E-state index contributed by atoms with van der Waals surface area (Å²) in [6.45, 7) is 2.04. The van der Waals surface area contributed by atoms with Crippen LogP contribution in [0.1, 0.15) is 5.56 Å². The summed E-state index contributed by atoms with van der Waals surface area (Å²) in [6, 6.07) is 6.04. The maximum absolute atomic E-state index is 4.90. The Morgan fingerprint density at radius 1 is 1.36 bits per heavy atom. The van der Waals surface area contributed by atoms with Crippen molar-refractivity contribution in [1.82, 2.24) is 15.2 Å². The Balaban J connectivity index is 2.61. The second-order valence-corrected chi connectivity index (χ2v) is 4.28. The fourth-order valence-electron chi connectivity index (χ4n) is 1.25. The van der Waals surface area contributed by atoms with Gasteiger partial charge in [0.2, 0.25) is 4.77 Å². The van der Waals surface area contributed by atoms with Gasteiger partial charge in [0.05, 0.1) is 0 Å². The van der Waals surface area contributed by atoms with E-state index in [1.807, 2.05) is 25.1 Å². The van der Waals surface area contributed by atoms with Crippen LogP contribution in [-0.2, 0) is 0 Å². The molecule has 1 aromatic heterocycles. The minimum absolute atomic E-state index is 0.472. The molecule has 2 N–H and O–H groups in total. The summed E-state index contributed by atoms with van der Waals surface area (Å²) in [5, 5.41) is 5.71. The maximum Gasteiger partial charge on any atom is 0.213 e. The largest absolute Gasteiger partial charge is 0.282 e. The van der Waals surface area contributed by atoms with Crippen molar-refractivity contribution < 1.29 is 0 Å². The normalized spacial score (nSPS) is 10.4. The highest BCUT2D eigenvalue weighted by Gasteiger charge is 2.04. The van der Waals surface area contributed by atoms with Crippen LogP contribution in [0.25, 0.3) is 11.4 Å². The molecule has 2 rings (SSSR count). The molecule has 0 aliphatic rings. The highest BCUT2D eigenvalue weighted by Crippen LogP contribution is 2.23. The molecule has 5 heteroatoms. The predicted molar refractivity (Wildman–Crippen MR) is 61.6 cm³/mol. The van der Waals surface area contributed by atoms with Crippen molar-refractivity contribution in [2.75, 3.05) is 0 Å². The van der Waals surface area contributed by atoms with Gasteiger partial charge in [-0.15, -0.1) is 0 Å². The van der Waals surface area contributed by atoms with Crippen LogP contribution in [0.4, 0.5) is 0 Å². The number of hydrogen-bond donors (Lipinski definition) is 2. The third-order valence-electron chi connectivity index (χ3n) is 1.96. The molecule has 0 unspecified atom stereocenters. The van der Waals surface area contributed by atoms with E-state index in [1.54, 1.807) is 0 Å². The monoisotopic (exact) mass is 269 g/mol. The predicted octanol–water partition coefficient (Wildman–Crippen LogP) is 3.21. The summed E-state index contributed by atoms with van der Waals surface area (Å²) in [5.41, 5.74) is 2.21. The number of nitrogens with one attached hydrogen (secondary N) is 2. The first-order valence-corrected chi connectivity index (χ1v) is 5.28. The number of aromatic amines is 2. The van der Waals surface area contributed by atoms with Gasteiger partial charge >= 0.3 is 0 Å². The molecule has 0 spiro atoms. The Morgan fingerprint density at radius 2 is 2.14 bits per heavy atom. The zero-order chi connectivity index (χ0) is 10.1. The smallest absolute Gasteiger partial charge is 0.213 e. The lowest BCUT2D eigenvalue weighted by Gasteiger charge is -2.01. The van der Waals surface area contributed by atoms with E-state index in [-0.39, 0.29) is 0 Å². The lowest BCUT2D eigenvalue weighted by molar-refractivity contribution is 1.08. The molecular weight excluding hydrogens is 262 g/mol. The van der Waals surface area contributed by atoms with Gasteiger partial charge in [0.1, 0.15) is 0 Å². The van der Waals surface area contributed by atoms with Gasteiger partial charge < -0.3 is 0 Å². The molecule has 0 aliphatic carbocycles. The molecule has 0 bridgehead atoms. The van der Waals surface area contributed by atoms with E-state index in [0.717, 1.165) is 21.4 Å². The molecule has 1 aromatic carbocycles. The Morgan fingerprint density at radius 3 is 2.79 bits per heavy atom. The number of benzene rings is 1. The van der Waals surface area contributed by atoms with Gasteiger partial charge in [0.25, 0.3) is 0 Å². The van der Waals surface area contributed by atoms with E-state index in [4.69, 9.17) is 12.2 Å². The van der Waals surface area contributed by atoms with E-state index >= 15 is 0 Å². The van der Waals surface area contributed by atoms with Gasteiger partial charge in [-0.3, -0.25) is 10.2 Å². The zero-order valence-electron chi connectivity index (χ0n) is 7.47. The van der Waals surface area contributed by atoms with Gasteiger partial charge in [-0.1, -0.05) is 22.0 Å². The molecule has 0 saturated carbocycles. The fourth-order valence-corrected chi connectivity index (χ4v) is 1.75. The minimum Gasteiger partial charge on any atom is -0.282 e. The van der Waals surface area contributed by atoms with Crippen molar-refractivity contribution in [3.8, 4) is 11.4 Å². The van der Waals surface area contributed by atoms with E-state index in [2.05, 4.69) is 31.1 Å². The van der Waals surface area contributed by atoms with Crippen molar-refractivity contribution in [2.24, 2.45) is 0 Å². The lowest BCUT2D eigenvalue weighted by atomic mass is 10.1. The van der Waals surface area contributed by atoms with Crippen LogP contribution in [-0.4, -0.2) is 15.2 Å². The molecule has 3 nitrogen and oxygen atoms in total. The molecule has 72 valence electrons. The SMILES string of the molecule is Cc1ccc(Br)cc1-c1nc(=S)[nH][nH]1. The number of rotatable bonds is 1. The van der Waals surface area contributed by atoms with E-state index < -0.39 is 0 Å². The summed E-state index contributed by atoms with van der Waals surface area (Å²) in [5.74, 6) is 0.772. The number of aromatic nitrogens is 3. The Hall–Kier alpha value is -0.940. The molecule has 0 atom stereocenters. The summed E-state index contributed by atoms with van der Waals surface area (Å²) < 4.78 is 1.50. The lowest BCUT2D eigenvalue weighted by Crippen LogP contribution is -1.85. The van der Waals surface area contributed by atoms with E-state index in [9.17, 15) is 0 Å². The van der Waals surface area contributed by atoms with Crippen LogP contribution in [0.3, 0.4) is 0 Å². The quantitative estimate of drug-likeness (QED) is 0.781. The van der Waals surface area contributed by atoms with Crippen LogP contribution >= 0.6 is 28.1 Å². The maximum atomic E-state index is 4.90. The van der Waals surface area contributed by atoms with Crippen molar-refractivity contribution in [3.05, 3.63) is 33.0 Å². The average molecular weight is 270 g/mol. The van der Waals surface area contributed by atoms with Crippen molar-refractivity contribution in [1.29, 1.82) is 0 Å². The second-order valence-electron chi connectivity index (χ2n) is 2.97. The zero-order valence-corrected chi connectivity index (χ0v) is 9.87. The van der Waals surface area contributed by atoms with Gasteiger partial charge in [-0.25, -0.2) is 0 Å². The number of aryl methyl sites for hydroxylation is 1. The van der Waals surface area contributed by atoms with Crippen LogP contribution < -0.4 is 0 Å². The first-order valence-electron chi connectivity index (χ1n) is 4.08. The minimum atomic E-state index is 0.472. The Kier molecular flexibility index (Phi) is 2.52. The Bertz CT molecular complexity index is 515. The first kappa shape index (κ1) is 9.61. The fraction of sp³-hybridized carbons (Fsp3) is 0.111. The highest BCUT2D eigenvalue weighted by molar-refractivity contribution is 9.10. The molecule has 0 amide bonds. The molecule has 0 saturated heterocycles. The second kappa shape index (κ2) is 3.67. The number of H-pyrrole nitrogens is 2. The molecule has 1 heterocycles. The van der Waals surface area contributed by atoms with Gasteiger partial charge in [-0.2, -0.15) is 4.98 Å². The Labute approximate surface area is 94.7 Å². The third-order valence-corrected chi connectivity index (χ3v) is 2.64. The summed E-state index contributed by atoms with van der Waals surface area (Å²) in [7, 11) is 0. The molecule has 14 heavy (non-hydrogen) atoms.